The van der Waals surface area contributed by atoms with E-state index in [-0.39, 0.29) is 12.0 Å². The highest BCUT2D eigenvalue weighted by molar-refractivity contribution is 7.15. The summed E-state index contributed by atoms with van der Waals surface area (Å²) in [6, 6.07) is 2.15. The van der Waals surface area contributed by atoms with Crippen LogP contribution in [0.1, 0.15) is 22.9 Å². The Morgan fingerprint density at radius 3 is 2.90 bits per heavy atom. The maximum absolute atomic E-state index is 13.7. The Hall–Kier alpha value is -1.79. The lowest BCUT2D eigenvalue weighted by molar-refractivity contribution is 0.172. The molecule has 1 atom stereocenters. The Bertz CT molecular complexity index is 737. The molecular weight excluding hydrogens is 282 g/mol. The second-order valence-electron chi connectivity index (χ2n) is 4.67. The Morgan fingerprint density at radius 1 is 1.35 bits per heavy atom. The lowest BCUT2D eigenvalue weighted by Gasteiger charge is -2.12. The van der Waals surface area contributed by atoms with Crippen molar-refractivity contribution in [2.45, 2.75) is 19.4 Å². The van der Waals surface area contributed by atoms with Gasteiger partial charge in [0.15, 0.2) is 4.96 Å². The molecule has 0 saturated carbocycles. The summed E-state index contributed by atoms with van der Waals surface area (Å²) in [4.78, 5) is 5.15. The molecule has 0 aliphatic carbocycles. The number of fused-ring (bicyclic) bond motifs is 1. The molecule has 20 heavy (non-hydrogen) atoms. The van der Waals surface area contributed by atoms with Crippen molar-refractivity contribution >= 4 is 16.3 Å². The summed E-state index contributed by atoms with van der Waals surface area (Å²) < 4.78 is 28.8. The monoisotopic (exact) mass is 294 g/mol. The summed E-state index contributed by atoms with van der Waals surface area (Å²) in [6.07, 6.45) is 2.81. The first kappa shape index (κ1) is 13.2. The highest BCUT2D eigenvalue weighted by atomic mass is 32.1. The van der Waals surface area contributed by atoms with Crippen LogP contribution in [0.4, 0.5) is 8.78 Å². The van der Waals surface area contributed by atoms with E-state index in [0.29, 0.717) is 11.3 Å². The van der Waals surface area contributed by atoms with Crippen molar-refractivity contribution in [2.75, 3.05) is 0 Å². The van der Waals surface area contributed by atoms with E-state index in [1.807, 2.05) is 16.0 Å². The van der Waals surface area contributed by atoms with Gasteiger partial charge in [-0.1, -0.05) is 0 Å². The second-order valence-corrected chi connectivity index (χ2v) is 5.54. The maximum Gasteiger partial charge on any atom is 0.193 e. The number of rotatable bonds is 3. The van der Waals surface area contributed by atoms with Crippen molar-refractivity contribution in [1.29, 1.82) is 0 Å². The van der Waals surface area contributed by atoms with Gasteiger partial charge in [-0.25, -0.2) is 13.8 Å². The summed E-state index contributed by atoms with van der Waals surface area (Å²) in [5.41, 5.74) is 1.08. The van der Waals surface area contributed by atoms with E-state index in [2.05, 4.69) is 4.98 Å². The Labute approximate surface area is 118 Å². The largest absolute Gasteiger partial charge is 0.388 e. The van der Waals surface area contributed by atoms with E-state index in [1.54, 1.807) is 6.20 Å². The van der Waals surface area contributed by atoms with Gasteiger partial charge in [0.2, 0.25) is 0 Å². The van der Waals surface area contributed by atoms with Crippen LogP contribution < -0.4 is 0 Å². The van der Waals surface area contributed by atoms with Gasteiger partial charge in [0.25, 0.3) is 0 Å². The fourth-order valence-corrected chi connectivity index (χ4v) is 2.84. The third-order valence-corrected chi connectivity index (χ3v) is 3.95. The van der Waals surface area contributed by atoms with Gasteiger partial charge in [-0.2, -0.15) is 0 Å². The molecule has 6 heteroatoms. The molecule has 104 valence electrons. The highest BCUT2D eigenvalue weighted by Gasteiger charge is 2.17. The molecule has 0 saturated heterocycles. The van der Waals surface area contributed by atoms with E-state index in [4.69, 9.17) is 0 Å². The van der Waals surface area contributed by atoms with Crippen LogP contribution in [-0.2, 0) is 6.42 Å². The number of aliphatic hydroxyl groups is 1. The van der Waals surface area contributed by atoms with Crippen LogP contribution in [0.15, 0.2) is 29.9 Å². The molecule has 0 fully saturated rings. The van der Waals surface area contributed by atoms with E-state index in [1.165, 1.54) is 24.3 Å². The zero-order valence-electron chi connectivity index (χ0n) is 10.7. The molecule has 1 N–H and O–H groups in total. The number of halogens is 2. The predicted octanol–water partition coefficient (Wildman–Crippen LogP) is 3.26. The molecule has 0 bridgehead atoms. The van der Waals surface area contributed by atoms with Gasteiger partial charge in [0.1, 0.15) is 11.6 Å². The molecule has 3 nitrogen and oxygen atoms in total. The smallest absolute Gasteiger partial charge is 0.193 e. The number of aryl methyl sites for hydroxylation is 1. The molecule has 3 aromatic rings. The summed E-state index contributed by atoms with van der Waals surface area (Å²) in [5, 5.41) is 12.0. The van der Waals surface area contributed by atoms with Crippen LogP contribution in [0, 0.1) is 18.6 Å². The number of imidazole rings is 1. The SMILES string of the molecule is Cc1cc(C(O)Cc2cn3ccsc3n2)c(F)cc1F. The molecule has 1 aromatic carbocycles. The average Bonchev–Trinajstić information content (AvgIpc) is 2.94. The average molecular weight is 294 g/mol. The van der Waals surface area contributed by atoms with Gasteiger partial charge in [-0.05, 0) is 18.6 Å². The topological polar surface area (TPSA) is 37.5 Å². The van der Waals surface area contributed by atoms with Crippen molar-refractivity contribution in [3.63, 3.8) is 0 Å². The van der Waals surface area contributed by atoms with Crippen LogP contribution in [0.3, 0.4) is 0 Å². The first-order valence-corrected chi connectivity index (χ1v) is 6.97. The van der Waals surface area contributed by atoms with Crippen LogP contribution >= 0.6 is 11.3 Å². The number of benzene rings is 1. The Balaban J connectivity index is 1.87. The van der Waals surface area contributed by atoms with Crippen molar-refractivity contribution in [3.05, 3.63) is 58.4 Å². The minimum atomic E-state index is -1.04. The summed E-state index contributed by atoms with van der Waals surface area (Å²) >= 11 is 1.49. The number of nitrogens with zero attached hydrogens (tertiary/aromatic N) is 2. The maximum atomic E-state index is 13.7. The van der Waals surface area contributed by atoms with Gasteiger partial charge < -0.3 is 5.11 Å². The number of aliphatic hydroxyl groups excluding tert-OH is 1. The normalized spacial score (nSPS) is 13.0. The zero-order chi connectivity index (χ0) is 14.3. The van der Waals surface area contributed by atoms with Crippen molar-refractivity contribution < 1.29 is 13.9 Å². The first-order valence-electron chi connectivity index (χ1n) is 6.09. The van der Waals surface area contributed by atoms with Gasteiger partial charge in [0, 0.05) is 35.8 Å². The van der Waals surface area contributed by atoms with Crippen molar-refractivity contribution in [3.8, 4) is 0 Å². The van der Waals surface area contributed by atoms with Gasteiger partial charge in [-0.3, -0.25) is 4.40 Å². The minimum absolute atomic E-state index is 0.0975. The first-order chi connectivity index (χ1) is 9.54. The Kier molecular flexibility index (Phi) is 3.27. The Morgan fingerprint density at radius 2 is 2.15 bits per heavy atom. The van der Waals surface area contributed by atoms with E-state index < -0.39 is 17.7 Å². The third-order valence-electron chi connectivity index (χ3n) is 3.18. The van der Waals surface area contributed by atoms with E-state index in [9.17, 15) is 13.9 Å². The molecule has 0 aliphatic rings. The molecule has 1 unspecified atom stereocenters. The van der Waals surface area contributed by atoms with Crippen LogP contribution in [0.2, 0.25) is 0 Å². The summed E-state index contributed by atoms with van der Waals surface area (Å²) in [7, 11) is 0. The van der Waals surface area contributed by atoms with Crippen LogP contribution in [-0.4, -0.2) is 14.5 Å². The lowest BCUT2D eigenvalue weighted by Crippen LogP contribution is -2.06. The molecule has 0 amide bonds. The fourth-order valence-electron chi connectivity index (χ4n) is 2.12. The van der Waals surface area contributed by atoms with Crippen molar-refractivity contribution in [1.82, 2.24) is 9.38 Å². The van der Waals surface area contributed by atoms with Crippen LogP contribution in [0.25, 0.3) is 4.96 Å². The summed E-state index contributed by atoms with van der Waals surface area (Å²) in [6.45, 7) is 1.54. The zero-order valence-corrected chi connectivity index (χ0v) is 11.5. The molecule has 0 radical (unpaired) electrons. The standard InChI is InChI=1S/C14H12F2N2OS/c1-8-4-10(12(16)6-11(8)15)13(19)5-9-7-18-2-3-20-14(18)17-9/h2-4,6-7,13,19H,5H2,1H3. The van der Waals surface area contributed by atoms with Crippen LogP contribution in [0.5, 0.6) is 0 Å². The van der Waals surface area contributed by atoms with Gasteiger partial charge >= 0.3 is 0 Å². The number of hydrogen-bond donors (Lipinski definition) is 1. The molecule has 3 rings (SSSR count). The summed E-state index contributed by atoms with van der Waals surface area (Å²) in [5.74, 6) is -1.34. The number of aromatic nitrogens is 2. The number of hydrogen-bond acceptors (Lipinski definition) is 3. The molecule has 2 aromatic heterocycles. The van der Waals surface area contributed by atoms with E-state index >= 15 is 0 Å². The van der Waals surface area contributed by atoms with Gasteiger partial charge in [0.05, 0.1) is 11.8 Å². The molecule has 0 spiro atoms. The molecular formula is C14H12F2N2OS. The molecule has 2 heterocycles. The third kappa shape index (κ3) is 2.32. The van der Waals surface area contributed by atoms with Crippen molar-refractivity contribution in [2.24, 2.45) is 0 Å². The lowest BCUT2D eigenvalue weighted by atomic mass is 10.0. The number of thiazole rings is 1. The minimum Gasteiger partial charge on any atom is -0.388 e. The second kappa shape index (κ2) is 4.96. The highest BCUT2D eigenvalue weighted by Crippen LogP contribution is 2.24. The van der Waals surface area contributed by atoms with E-state index in [0.717, 1.165) is 11.0 Å². The molecule has 0 aliphatic heterocycles. The van der Waals surface area contributed by atoms with Gasteiger partial charge in [-0.15, -0.1) is 11.3 Å². The fraction of sp³-hybridized carbons (Fsp3) is 0.214. The quantitative estimate of drug-likeness (QED) is 0.805. The predicted molar refractivity (Wildman–Crippen MR) is 72.8 cm³/mol.